The second kappa shape index (κ2) is 10.8. The highest BCUT2D eigenvalue weighted by molar-refractivity contribution is 6.30. The first-order valence-electron chi connectivity index (χ1n) is 11.1. The second-order valence-electron chi connectivity index (χ2n) is 8.38. The molecule has 1 saturated heterocycles. The SMILES string of the molecule is CCC(C)C(NC(=O)c1ccc(Cl)cc1)C(=O)N1CCN(c2ccc(C(C)=O)cc2F)CC1. The zero-order valence-electron chi connectivity index (χ0n) is 19.1. The smallest absolute Gasteiger partial charge is 0.251 e. The molecule has 1 aliphatic heterocycles. The van der Waals surface area contributed by atoms with Crippen molar-refractivity contribution in [1.29, 1.82) is 0 Å². The third-order valence-corrected chi connectivity index (χ3v) is 6.41. The van der Waals surface area contributed by atoms with E-state index in [2.05, 4.69) is 5.32 Å². The third kappa shape index (κ3) is 5.90. The number of nitrogens with one attached hydrogen (secondary N) is 1. The van der Waals surface area contributed by atoms with Gasteiger partial charge in [-0.15, -0.1) is 0 Å². The van der Waals surface area contributed by atoms with Crippen LogP contribution in [0.25, 0.3) is 0 Å². The fraction of sp³-hybridized carbons (Fsp3) is 0.400. The lowest BCUT2D eigenvalue weighted by Crippen LogP contribution is -2.56. The maximum Gasteiger partial charge on any atom is 0.251 e. The van der Waals surface area contributed by atoms with Crippen LogP contribution in [-0.4, -0.2) is 54.7 Å². The van der Waals surface area contributed by atoms with Crippen LogP contribution < -0.4 is 10.2 Å². The predicted molar refractivity (Wildman–Crippen MR) is 127 cm³/mol. The van der Waals surface area contributed by atoms with Crippen LogP contribution in [0.4, 0.5) is 10.1 Å². The van der Waals surface area contributed by atoms with Gasteiger partial charge in [0.15, 0.2) is 5.78 Å². The Bertz CT molecular complexity index is 1020. The van der Waals surface area contributed by atoms with Gasteiger partial charge in [-0.1, -0.05) is 31.9 Å². The number of benzene rings is 2. The first-order valence-corrected chi connectivity index (χ1v) is 11.5. The monoisotopic (exact) mass is 473 g/mol. The number of rotatable bonds is 7. The fourth-order valence-corrected chi connectivity index (χ4v) is 3.98. The van der Waals surface area contributed by atoms with Gasteiger partial charge in [0.1, 0.15) is 11.9 Å². The van der Waals surface area contributed by atoms with Gasteiger partial charge in [-0.2, -0.15) is 0 Å². The van der Waals surface area contributed by atoms with E-state index in [0.717, 1.165) is 6.42 Å². The highest BCUT2D eigenvalue weighted by Gasteiger charge is 2.32. The summed E-state index contributed by atoms with van der Waals surface area (Å²) in [7, 11) is 0. The predicted octanol–water partition coefficient (Wildman–Crippen LogP) is 4.18. The van der Waals surface area contributed by atoms with E-state index in [-0.39, 0.29) is 23.5 Å². The van der Waals surface area contributed by atoms with E-state index in [1.54, 1.807) is 41.3 Å². The van der Waals surface area contributed by atoms with Crippen LogP contribution in [0.5, 0.6) is 0 Å². The Hall–Kier alpha value is -2.93. The molecule has 0 aromatic heterocycles. The van der Waals surface area contributed by atoms with Crippen molar-refractivity contribution in [1.82, 2.24) is 10.2 Å². The number of Topliss-reactive ketones (excluding diaryl/α,β-unsaturated/α-hetero) is 1. The van der Waals surface area contributed by atoms with Gasteiger partial charge < -0.3 is 15.1 Å². The van der Waals surface area contributed by atoms with Crippen molar-refractivity contribution in [2.45, 2.75) is 33.2 Å². The van der Waals surface area contributed by atoms with Gasteiger partial charge in [-0.05, 0) is 55.3 Å². The number of ketones is 1. The summed E-state index contributed by atoms with van der Waals surface area (Å²) in [6.45, 7) is 7.06. The van der Waals surface area contributed by atoms with E-state index in [1.807, 2.05) is 18.7 Å². The van der Waals surface area contributed by atoms with Crippen molar-refractivity contribution in [2.75, 3.05) is 31.1 Å². The molecule has 176 valence electrons. The first kappa shape index (κ1) is 24.7. The van der Waals surface area contributed by atoms with Gasteiger partial charge in [-0.25, -0.2) is 4.39 Å². The number of carbonyl (C=O) groups excluding carboxylic acids is 3. The molecule has 0 aliphatic carbocycles. The highest BCUT2D eigenvalue weighted by atomic mass is 35.5. The maximum atomic E-state index is 14.5. The van der Waals surface area contributed by atoms with Gasteiger partial charge in [0, 0.05) is 42.3 Å². The number of hydrogen-bond donors (Lipinski definition) is 1. The van der Waals surface area contributed by atoms with Crippen molar-refractivity contribution >= 4 is 34.9 Å². The molecular weight excluding hydrogens is 445 g/mol. The Morgan fingerprint density at radius 1 is 1.03 bits per heavy atom. The number of halogens is 2. The van der Waals surface area contributed by atoms with E-state index in [9.17, 15) is 18.8 Å². The van der Waals surface area contributed by atoms with Gasteiger partial charge in [0.05, 0.1) is 5.69 Å². The zero-order chi connectivity index (χ0) is 24.1. The normalized spacial score (nSPS) is 15.7. The molecule has 2 aromatic rings. The van der Waals surface area contributed by atoms with Crippen LogP contribution in [0.3, 0.4) is 0 Å². The minimum atomic E-state index is -0.656. The summed E-state index contributed by atoms with van der Waals surface area (Å²) in [5.41, 5.74) is 1.19. The summed E-state index contributed by atoms with van der Waals surface area (Å²) in [4.78, 5) is 41.1. The maximum absolute atomic E-state index is 14.5. The third-order valence-electron chi connectivity index (χ3n) is 6.16. The second-order valence-corrected chi connectivity index (χ2v) is 8.81. The van der Waals surface area contributed by atoms with Crippen LogP contribution in [0, 0.1) is 11.7 Å². The molecule has 3 rings (SSSR count). The number of anilines is 1. The molecule has 0 radical (unpaired) electrons. The standard InChI is InChI=1S/C25H29ClFN3O3/c1-4-16(2)23(28-24(32)18-5-8-20(26)9-6-18)25(33)30-13-11-29(12-14-30)22-10-7-19(17(3)31)15-21(22)27/h5-10,15-16,23H,4,11-14H2,1-3H3,(H,28,32). The van der Waals surface area contributed by atoms with Gasteiger partial charge in [-0.3, -0.25) is 14.4 Å². The largest absolute Gasteiger partial charge is 0.366 e. The average Bonchev–Trinajstić information content (AvgIpc) is 2.82. The number of carbonyl (C=O) groups is 3. The Balaban J connectivity index is 1.67. The molecule has 0 spiro atoms. The van der Waals surface area contributed by atoms with Crippen LogP contribution in [0.15, 0.2) is 42.5 Å². The molecule has 2 unspecified atom stereocenters. The van der Waals surface area contributed by atoms with Crippen LogP contribution in [0.2, 0.25) is 5.02 Å². The molecule has 2 atom stereocenters. The van der Waals surface area contributed by atoms with Crippen molar-refractivity contribution in [3.63, 3.8) is 0 Å². The first-order chi connectivity index (χ1) is 15.7. The van der Waals surface area contributed by atoms with Gasteiger partial charge in [0.25, 0.3) is 5.91 Å². The summed E-state index contributed by atoms with van der Waals surface area (Å²) in [6.07, 6.45) is 0.727. The number of nitrogens with zero attached hydrogens (tertiary/aromatic N) is 2. The van der Waals surface area contributed by atoms with Crippen molar-refractivity contribution in [2.24, 2.45) is 5.92 Å². The topological polar surface area (TPSA) is 69.7 Å². The van der Waals surface area contributed by atoms with E-state index in [4.69, 9.17) is 11.6 Å². The number of hydrogen-bond acceptors (Lipinski definition) is 4. The van der Waals surface area contributed by atoms with Crippen LogP contribution in [0.1, 0.15) is 47.9 Å². The highest BCUT2D eigenvalue weighted by Crippen LogP contribution is 2.23. The zero-order valence-corrected chi connectivity index (χ0v) is 19.9. The molecule has 0 saturated carbocycles. The molecule has 1 N–H and O–H groups in total. The van der Waals surface area contributed by atoms with Crippen molar-refractivity contribution in [3.8, 4) is 0 Å². The molecule has 8 heteroatoms. The van der Waals surface area contributed by atoms with Gasteiger partial charge >= 0.3 is 0 Å². The van der Waals surface area contributed by atoms with Gasteiger partial charge in [0.2, 0.25) is 5.91 Å². The van der Waals surface area contributed by atoms with E-state index < -0.39 is 11.9 Å². The number of piperazine rings is 1. The minimum absolute atomic E-state index is 0.0525. The molecular formula is C25H29ClFN3O3. The Morgan fingerprint density at radius 3 is 2.18 bits per heavy atom. The van der Waals surface area contributed by atoms with Crippen molar-refractivity contribution in [3.05, 3.63) is 64.4 Å². The molecule has 1 heterocycles. The molecule has 6 nitrogen and oxygen atoms in total. The molecule has 1 fully saturated rings. The summed E-state index contributed by atoms with van der Waals surface area (Å²) in [6, 6.07) is 10.3. The lowest BCUT2D eigenvalue weighted by Gasteiger charge is -2.38. The lowest BCUT2D eigenvalue weighted by molar-refractivity contribution is -0.134. The lowest BCUT2D eigenvalue weighted by atomic mass is 9.97. The molecule has 2 amide bonds. The fourth-order valence-electron chi connectivity index (χ4n) is 3.86. The molecule has 1 aliphatic rings. The Labute approximate surface area is 198 Å². The van der Waals surface area contributed by atoms with E-state index >= 15 is 0 Å². The summed E-state index contributed by atoms with van der Waals surface area (Å²) in [5, 5.41) is 3.42. The average molecular weight is 474 g/mol. The minimum Gasteiger partial charge on any atom is -0.366 e. The summed E-state index contributed by atoms with van der Waals surface area (Å²) in [5.74, 6) is -1.15. The quantitative estimate of drug-likeness (QED) is 0.612. The van der Waals surface area contributed by atoms with E-state index in [0.29, 0.717) is 48.0 Å². The van der Waals surface area contributed by atoms with Crippen LogP contribution >= 0.6 is 11.6 Å². The van der Waals surface area contributed by atoms with Crippen molar-refractivity contribution < 1.29 is 18.8 Å². The number of amides is 2. The van der Waals surface area contributed by atoms with Crippen LogP contribution in [-0.2, 0) is 4.79 Å². The Morgan fingerprint density at radius 2 is 1.64 bits per heavy atom. The Kier molecular flexibility index (Phi) is 8.08. The molecule has 2 aromatic carbocycles. The summed E-state index contributed by atoms with van der Waals surface area (Å²) >= 11 is 5.90. The molecule has 0 bridgehead atoms. The van der Waals surface area contributed by atoms with E-state index in [1.165, 1.54) is 13.0 Å². The summed E-state index contributed by atoms with van der Waals surface area (Å²) < 4.78 is 14.5. The molecule has 33 heavy (non-hydrogen) atoms.